The molecule has 0 unspecified atom stereocenters. The number of nitrogens with zero attached hydrogens (tertiary/aromatic N) is 3. The van der Waals surface area contributed by atoms with E-state index in [9.17, 15) is 22.4 Å². The molecule has 3 rings (SSSR count). The van der Waals surface area contributed by atoms with Crippen LogP contribution < -0.4 is 10.1 Å². The van der Waals surface area contributed by atoms with E-state index in [0.717, 1.165) is 0 Å². The molecule has 168 valence electrons. The van der Waals surface area contributed by atoms with E-state index in [-0.39, 0.29) is 23.1 Å². The average Bonchev–Trinajstić information content (AvgIpc) is 3.03. The van der Waals surface area contributed by atoms with Crippen LogP contribution in [0.4, 0.5) is 17.6 Å². The summed E-state index contributed by atoms with van der Waals surface area (Å²) in [7, 11) is 0. The third-order valence-electron chi connectivity index (χ3n) is 4.20. The van der Waals surface area contributed by atoms with Gasteiger partial charge in [-0.05, 0) is 43.3 Å². The molecule has 0 bridgehead atoms. The summed E-state index contributed by atoms with van der Waals surface area (Å²) in [4.78, 5) is 16.0. The molecule has 11 heteroatoms. The van der Waals surface area contributed by atoms with E-state index in [1.165, 1.54) is 59.4 Å². The van der Waals surface area contributed by atoms with Gasteiger partial charge in [0, 0.05) is 29.9 Å². The van der Waals surface area contributed by atoms with Gasteiger partial charge in [-0.1, -0.05) is 17.7 Å². The zero-order chi connectivity index (χ0) is 23.3. The van der Waals surface area contributed by atoms with Gasteiger partial charge in [0.25, 0.3) is 0 Å². The Morgan fingerprint density at radius 1 is 1.25 bits per heavy atom. The molecule has 0 spiro atoms. The van der Waals surface area contributed by atoms with Crippen LogP contribution in [-0.4, -0.2) is 33.5 Å². The minimum atomic E-state index is -4.50. The van der Waals surface area contributed by atoms with Gasteiger partial charge in [-0.3, -0.25) is 4.79 Å². The first kappa shape index (κ1) is 23.3. The van der Waals surface area contributed by atoms with Gasteiger partial charge in [-0.25, -0.2) is 14.1 Å². The Labute approximate surface area is 185 Å². The number of ether oxygens (including phenoxy) is 1. The van der Waals surface area contributed by atoms with Crippen LogP contribution in [0.3, 0.4) is 0 Å². The van der Waals surface area contributed by atoms with Crippen LogP contribution in [0.2, 0.25) is 5.15 Å². The third-order valence-corrected chi connectivity index (χ3v) is 4.56. The fourth-order valence-electron chi connectivity index (χ4n) is 2.69. The molecule has 0 aliphatic heterocycles. The largest absolute Gasteiger partial charge is 0.468 e. The number of aryl methyl sites for hydroxylation is 1. The summed E-state index contributed by atoms with van der Waals surface area (Å²) < 4.78 is 56.4. The summed E-state index contributed by atoms with van der Waals surface area (Å²) in [5.41, 5.74) is 1.86. The van der Waals surface area contributed by atoms with Gasteiger partial charge in [-0.15, -0.1) is 0 Å². The molecule has 0 saturated carbocycles. The van der Waals surface area contributed by atoms with Crippen LogP contribution in [0.25, 0.3) is 11.8 Å². The van der Waals surface area contributed by atoms with Crippen molar-refractivity contribution in [2.24, 2.45) is 0 Å². The van der Waals surface area contributed by atoms with Crippen molar-refractivity contribution in [1.82, 2.24) is 20.1 Å². The molecular weight excluding hydrogens is 452 g/mol. The Bertz CT molecular complexity index is 1130. The van der Waals surface area contributed by atoms with E-state index in [0.29, 0.717) is 16.9 Å². The van der Waals surface area contributed by atoms with E-state index in [1.54, 1.807) is 6.92 Å². The molecule has 32 heavy (non-hydrogen) atoms. The monoisotopic (exact) mass is 468 g/mol. The topological polar surface area (TPSA) is 69.0 Å². The van der Waals surface area contributed by atoms with Gasteiger partial charge in [0.1, 0.15) is 11.0 Å². The van der Waals surface area contributed by atoms with Crippen LogP contribution in [0, 0.1) is 12.7 Å². The first-order chi connectivity index (χ1) is 15.1. The number of carbonyl (C=O) groups is 1. The molecule has 0 saturated heterocycles. The standard InChI is InChI=1S/C21H17ClF4N4O2/c1-13-17(19(22)30(29-13)16-6-4-15(23)5-7-16)8-9-18(31)28-11-14-3-2-10-27-20(14)32-12-21(24,25)26/h2-10H,11-12H2,1H3,(H,28,31)/b9-8+. The highest BCUT2D eigenvalue weighted by Crippen LogP contribution is 2.25. The lowest BCUT2D eigenvalue weighted by molar-refractivity contribution is -0.154. The van der Waals surface area contributed by atoms with E-state index in [2.05, 4.69) is 20.1 Å². The molecule has 0 aliphatic carbocycles. The van der Waals surface area contributed by atoms with Gasteiger partial charge >= 0.3 is 6.18 Å². The van der Waals surface area contributed by atoms with Crippen molar-refractivity contribution in [3.05, 3.63) is 76.5 Å². The van der Waals surface area contributed by atoms with Crippen LogP contribution in [-0.2, 0) is 11.3 Å². The van der Waals surface area contributed by atoms with Gasteiger partial charge < -0.3 is 10.1 Å². The summed E-state index contributed by atoms with van der Waals surface area (Å²) in [6.07, 6.45) is -0.529. The van der Waals surface area contributed by atoms with Crippen molar-refractivity contribution in [3.8, 4) is 11.6 Å². The number of hydrogen-bond donors (Lipinski definition) is 1. The molecule has 1 aromatic carbocycles. The number of benzene rings is 1. The van der Waals surface area contributed by atoms with Gasteiger partial charge in [0.05, 0.1) is 11.4 Å². The van der Waals surface area contributed by atoms with Gasteiger partial charge in [-0.2, -0.15) is 18.3 Å². The number of aromatic nitrogens is 3. The van der Waals surface area contributed by atoms with Gasteiger partial charge in [0.2, 0.25) is 11.8 Å². The van der Waals surface area contributed by atoms with Crippen LogP contribution in [0.15, 0.2) is 48.7 Å². The Kier molecular flexibility index (Phi) is 7.14. The van der Waals surface area contributed by atoms with Crippen molar-refractivity contribution < 1.29 is 27.1 Å². The Balaban J connectivity index is 1.66. The molecule has 3 aromatic rings. The van der Waals surface area contributed by atoms with E-state index >= 15 is 0 Å². The van der Waals surface area contributed by atoms with E-state index < -0.39 is 24.5 Å². The number of halogens is 5. The summed E-state index contributed by atoms with van der Waals surface area (Å²) in [5.74, 6) is -1.12. The molecule has 0 radical (unpaired) electrons. The van der Waals surface area contributed by atoms with Crippen molar-refractivity contribution in [3.63, 3.8) is 0 Å². The predicted octanol–water partition coefficient (Wildman–Crippen LogP) is 4.64. The smallest absolute Gasteiger partial charge is 0.422 e. The molecular formula is C21H17ClF4N4O2. The van der Waals surface area contributed by atoms with Crippen molar-refractivity contribution in [2.45, 2.75) is 19.6 Å². The second-order valence-corrected chi connectivity index (χ2v) is 6.96. The lowest BCUT2D eigenvalue weighted by atomic mass is 10.2. The minimum absolute atomic E-state index is 0.0915. The number of pyridine rings is 1. The maximum Gasteiger partial charge on any atom is 0.422 e. The first-order valence-electron chi connectivity index (χ1n) is 9.24. The number of amides is 1. The quantitative estimate of drug-likeness (QED) is 0.405. The molecule has 1 N–H and O–H groups in total. The average molecular weight is 469 g/mol. The second kappa shape index (κ2) is 9.82. The number of hydrogen-bond acceptors (Lipinski definition) is 4. The van der Waals surface area contributed by atoms with Crippen LogP contribution in [0.1, 0.15) is 16.8 Å². The Hall–Kier alpha value is -3.40. The maximum atomic E-state index is 13.1. The summed E-state index contributed by atoms with van der Waals surface area (Å²) in [6, 6.07) is 8.59. The molecule has 0 aliphatic rings. The second-order valence-electron chi connectivity index (χ2n) is 6.60. The van der Waals surface area contributed by atoms with E-state index in [1.807, 2.05) is 0 Å². The fraction of sp³-hybridized carbons (Fsp3) is 0.190. The number of rotatable bonds is 7. The maximum absolute atomic E-state index is 13.1. The first-order valence-corrected chi connectivity index (χ1v) is 9.62. The number of carbonyl (C=O) groups excluding carboxylic acids is 1. The van der Waals surface area contributed by atoms with E-state index in [4.69, 9.17) is 11.6 Å². The molecule has 2 aromatic heterocycles. The SMILES string of the molecule is Cc1nn(-c2ccc(F)cc2)c(Cl)c1/C=C/C(=O)NCc1cccnc1OCC(F)(F)F. The Morgan fingerprint density at radius 3 is 2.66 bits per heavy atom. The molecule has 0 fully saturated rings. The minimum Gasteiger partial charge on any atom is -0.468 e. The number of nitrogens with one attached hydrogen (secondary N) is 1. The van der Waals surface area contributed by atoms with Gasteiger partial charge in [0.15, 0.2) is 6.61 Å². The van der Waals surface area contributed by atoms with Crippen molar-refractivity contribution >= 4 is 23.6 Å². The summed E-state index contributed by atoms with van der Waals surface area (Å²) in [6.45, 7) is 0.121. The lowest BCUT2D eigenvalue weighted by Crippen LogP contribution is -2.23. The highest BCUT2D eigenvalue weighted by molar-refractivity contribution is 6.31. The predicted molar refractivity (Wildman–Crippen MR) is 110 cm³/mol. The summed E-state index contributed by atoms with van der Waals surface area (Å²) in [5, 5.41) is 7.08. The summed E-state index contributed by atoms with van der Waals surface area (Å²) >= 11 is 6.36. The Morgan fingerprint density at radius 2 is 1.97 bits per heavy atom. The fourth-order valence-corrected chi connectivity index (χ4v) is 3.03. The highest BCUT2D eigenvalue weighted by atomic mass is 35.5. The molecule has 6 nitrogen and oxygen atoms in total. The number of alkyl halides is 3. The third kappa shape index (κ3) is 6.07. The molecule has 1 amide bonds. The van der Waals surface area contributed by atoms with Crippen LogP contribution in [0.5, 0.6) is 5.88 Å². The normalized spacial score (nSPS) is 11.7. The van der Waals surface area contributed by atoms with Crippen LogP contribution >= 0.6 is 11.6 Å². The zero-order valence-corrected chi connectivity index (χ0v) is 17.4. The molecule has 2 heterocycles. The zero-order valence-electron chi connectivity index (χ0n) is 16.7. The van der Waals surface area contributed by atoms with Crippen molar-refractivity contribution in [1.29, 1.82) is 0 Å². The lowest BCUT2D eigenvalue weighted by Gasteiger charge is -2.12. The van der Waals surface area contributed by atoms with Crippen molar-refractivity contribution in [2.75, 3.05) is 6.61 Å². The molecule has 0 atom stereocenters. The highest BCUT2D eigenvalue weighted by Gasteiger charge is 2.29.